The van der Waals surface area contributed by atoms with Crippen LogP contribution >= 0.6 is 0 Å². The molecule has 0 radical (unpaired) electrons. The van der Waals surface area contributed by atoms with Crippen LogP contribution in [0.1, 0.15) is 6.42 Å². The number of hydrogen-bond donors (Lipinski definition) is 2. The summed E-state index contributed by atoms with van der Waals surface area (Å²) in [6.45, 7) is 1.54. The lowest BCUT2D eigenvalue weighted by Gasteiger charge is -2.05. The van der Waals surface area contributed by atoms with Crippen LogP contribution in [0.15, 0.2) is 0 Å². The van der Waals surface area contributed by atoms with Crippen molar-refractivity contribution in [1.29, 1.82) is 0 Å². The Bertz CT molecular complexity index is 118. The maximum Gasteiger partial charge on any atom is 0.308 e. The van der Waals surface area contributed by atoms with E-state index in [1.165, 1.54) is 0 Å². The van der Waals surface area contributed by atoms with Crippen LogP contribution in [0, 0.1) is 5.92 Å². The van der Waals surface area contributed by atoms with Gasteiger partial charge in [0.1, 0.15) is 0 Å². The van der Waals surface area contributed by atoms with Crippen LogP contribution in [0.2, 0.25) is 0 Å². The summed E-state index contributed by atoms with van der Waals surface area (Å²) in [5, 5.41) is 11.5. The summed E-state index contributed by atoms with van der Waals surface area (Å²) >= 11 is 0. The Hall–Kier alpha value is -0.610. The summed E-state index contributed by atoms with van der Waals surface area (Å²) in [4.78, 5) is 10.4. The van der Waals surface area contributed by atoms with Gasteiger partial charge < -0.3 is 9.84 Å². The lowest BCUT2D eigenvalue weighted by molar-refractivity contribution is -0.143. The van der Waals surface area contributed by atoms with Crippen LogP contribution in [-0.4, -0.2) is 31.0 Å². The maximum atomic E-state index is 10.4. The van der Waals surface area contributed by atoms with Gasteiger partial charge in [-0.3, -0.25) is 10.1 Å². The summed E-state index contributed by atoms with van der Waals surface area (Å²) in [5.41, 5.74) is 0. The highest BCUT2D eigenvalue weighted by Gasteiger charge is 2.18. The fourth-order valence-electron chi connectivity index (χ4n) is 0.900. The summed E-state index contributed by atoms with van der Waals surface area (Å²) in [6.07, 6.45) is 0.662. The molecule has 2 N–H and O–H groups in total. The molecule has 1 unspecified atom stereocenters. The van der Waals surface area contributed by atoms with Crippen molar-refractivity contribution in [2.24, 2.45) is 5.92 Å². The molecule has 0 saturated carbocycles. The molecule has 0 amide bonds. The van der Waals surface area contributed by atoms with E-state index in [2.05, 4.69) is 5.32 Å². The van der Waals surface area contributed by atoms with Crippen molar-refractivity contribution in [1.82, 2.24) is 5.32 Å². The molecular formula is C6H11NO3. The van der Waals surface area contributed by atoms with Crippen LogP contribution < -0.4 is 5.32 Å². The van der Waals surface area contributed by atoms with E-state index in [4.69, 9.17) is 9.84 Å². The van der Waals surface area contributed by atoms with Crippen molar-refractivity contribution in [3.05, 3.63) is 0 Å². The van der Waals surface area contributed by atoms with Crippen molar-refractivity contribution in [2.45, 2.75) is 6.42 Å². The topological polar surface area (TPSA) is 58.6 Å². The lowest BCUT2D eigenvalue weighted by atomic mass is 10.1. The number of nitrogens with one attached hydrogen (secondary N) is 1. The first-order valence-corrected chi connectivity index (χ1v) is 3.32. The number of carbonyl (C=O) groups is 1. The number of ether oxygens (including phenoxy) is 1. The zero-order valence-electron chi connectivity index (χ0n) is 5.67. The number of hydrogen-bond acceptors (Lipinski definition) is 3. The average molecular weight is 145 g/mol. The van der Waals surface area contributed by atoms with E-state index in [-0.39, 0.29) is 5.92 Å². The minimum Gasteiger partial charge on any atom is -0.481 e. The quantitative estimate of drug-likeness (QED) is 0.529. The molecule has 0 aromatic heterocycles. The molecule has 0 aliphatic carbocycles. The predicted octanol–water partition coefficient (Wildman–Crippen LogP) is -0.345. The minimum absolute atomic E-state index is 0.324. The SMILES string of the molecule is O=C(O)C1CCNCOC1. The fraction of sp³-hybridized carbons (Fsp3) is 0.833. The molecule has 1 aliphatic heterocycles. The lowest BCUT2D eigenvalue weighted by Crippen LogP contribution is -2.18. The Kier molecular flexibility index (Phi) is 2.65. The molecule has 0 aromatic rings. The number of aliphatic carboxylic acids is 1. The van der Waals surface area contributed by atoms with E-state index in [0.717, 1.165) is 6.54 Å². The summed E-state index contributed by atoms with van der Waals surface area (Å²) in [6, 6.07) is 0. The van der Waals surface area contributed by atoms with Gasteiger partial charge in [-0.15, -0.1) is 0 Å². The molecule has 1 fully saturated rings. The van der Waals surface area contributed by atoms with Crippen molar-refractivity contribution in [3.8, 4) is 0 Å². The molecule has 1 heterocycles. The third-order valence-corrected chi connectivity index (χ3v) is 1.54. The van der Waals surface area contributed by atoms with Gasteiger partial charge in [0.05, 0.1) is 19.3 Å². The first-order chi connectivity index (χ1) is 4.80. The highest BCUT2D eigenvalue weighted by Crippen LogP contribution is 2.05. The van der Waals surface area contributed by atoms with Gasteiger partial charge in [0.25, 0.3) is 0 Å². The predicted molar refractivity (Wildman–Crippen MR) is 34.6 cm³/mol. The van der Waals surface area contributed by atoms with Gasteiger partial charge in [-0.1, -0.05) is 0 Å². The Morgan fingerprint density at radius 2 is 2.50 bits per heavy atom. The second-order valence-electron chi connectivity index (χ2n) is 2.34. The monoisotopic (exact) mass is 145 g/mol. The van der Waals surface area contributed by atoms with Crippen molar-refractivity contribution < 1.29 is 14.6 Å². The molecule has 1 saturated heterocycles. The van der Waals surface area contributed by atoms with Gasteiger partial charge in [-0.05, 0) is 13.0 Å². The molecular weight excluding hydrogens is 134 g/mol. The highest BCUT2D eigenvalue weighted by atomic mass is 16.5. The van der Waals surface area contributed by atoms with Crippen LogP contribution in [-0.2, 0) is 9.53 Å². The van der Waals surface area contributed by atoms with Crippen molar-refractivity contribution >= 4 is 5.97 Å². The van der Waals surface area contributed by atoms with E-state index >= 15 is 0 Å². The molecule has 4 heteroatoms. The third-order valence-electron chi connectivity index (χ3n) is 1.54. The summed E-state index contributed by atoms with van der Waals surface area (Å²) in [7, 11) is 0. The van der Waals surface area contributed by atoms with E-state index in [9.17, 15) is 4.79 Å². The van der Waals surface area contributed by atoms with Crippen LogP contribution in [0.5, 0.6) is 0 Å². The van der Waals surface area contributed by atoms with Gasteiger partial charge in [-0.2, -0.15) is 0 Å². The van der Waals surface area contributed by atoms with Gasteiger partial charge in [-0.25, -0.2) is 0 Å². The molecule has 1 atom stereocenters. The molecule has 10 heavy (non-hydrogen) atoms. The second-order valence-corrected chi connectivity index (χ2v) is 2.34. The summed E-state index contributed by atoms with van der Waals surface area (Å²) < 4.78 is 4.98. The van der Waals surface area contributed by atoms with Gasteiger partial charge >= 0.3 is 5.97 Å². The number of carboxylic acids is 1. The molecule has 0 bridgehead atoms. The van der Waals surface area contributed by atoms with Gasteiger partial charge in [0.2, 0.25) is 0 Å². The maximum absolute atomic E-state index is 10.4. The molecule has 0 spiro atoms. The Morgan fingerprint density at radius 1 is 1.70 bits per heavy atom. The minimum atomic E-state index is -0.760. The first kappa shape index (κ1) is 7.50. The number of rotatable bonds is 1. The van der Waals surface area contributed by atoms with Crippen LogP contribution in [0.3, 0.4) is 0 Å². The fourth-order valence-corrected chi connectivity index (χ4v) is 0.900. The molecule has 1 aliphatic rings. The third kappa shape index (κ3) is 1.97. The largest absolute Gasteiger partial charge is 0.481 e. The van der Waals surface area contributed by atoms with Crippen molar-refractivity contribution in [2.75, 3.05) is 19.9 Å². The standard InChI is InChI=1S/C6H11NO3/c8-6(9)5-1-2-7-4-10-3-5/h5,7H,1-4H2,(H,8,9). The van der Waals surface area contributed by atoms with E-state index < -0.39 is 5.97 Å². The molecule has 4 nitrogen and oxygen atoms in total. The van der Waals surface area contributed by atoms with E-state index in [0.29, 0.717) is 19.8 Å². The first-order valence-electron chi connectivity index (χ1n) is 3.32. The Morgan fingerprint density at radius 3 is 3.20 bits per heavy atom. The normalized spacial score (nSPS) is 27.4. The van der Waals surface area contributed by atoms with E-state index in [1.807, 2.05) is 0 Å². The summed E-state index contributed by atoms with van der Waals surface area (Å²) in [5.74, 6) is -1.08. The van der Waals surface area contributed by atoms with Crippen molar-refractivity contribution in [3.63, 3.8) is 0 Å². The zero-order chi connectivity index (χ0) is 7.40. The smallest absolute Gasteiger partial charge is 0.308 e. The second kappa shape index (κ2) is 3.53. The van der Waals surface area contributed by atoms with Gasteiger partial charge in [0, 0.05) is 0 Å². The highest BCUT2D eigenvalue weighted by molar-refractivity contribution is 5.70. The number of carboxylic acid groups (broad SMARTS) is 1. The Balaban J connectivity index is 2.35. The zero-order valence-corrected chi connectivity index (χ0v) is 5.67. The van der Waals surface area contributed by atoms with Crippen LogP contribution in [0.25, 0.3) is 0 Å². The average Bonchev–Trinajstić information content (AvgIpc) is 2.12. The molecule has 58 valence electrons. The van der Waals surface area contributed by atoms with Crippen LogP contribution in [0.4, 0.5) is 0 Å². The molecule has 1 rings (SSSR count). The Labute approximate surface area is 59.2 Å². The van der Waals surface area contributed by atoms with Gasteiger partial charge in [0.15, 0.2) is 0 Å². The molecule has 0 aromatic carbocycles. The van der Waals surface area contributed by atoms with E-state index in [1.54, 1.807) is 0 Å².